The summed E-state index contributed by atoms with van der Waals surface area (Å²) in [5.41, 5.74) is 1.51. The quantitative estimate of drug-likeness (QED) is 0.674. The standard InChI is InChI=1S/C22H29NO/c1-2-18(21-9-6-14-24-21)22(23-13-12-16-10-11-16)20-15-19(20)17-7-4-3-5-8-17/h3-9,14,16,18-20,22-23H,2,10-13,15H2,1H3. The third-order valence-corrected chi connectivity index (χ3v) is 5.94. The van der Waals surface area contributed by atoms with Crippen LogP contribution in [0, 0.1) is 11.8 Å². The van der Waals surface area contributed by atoms with Crippen LogP contribution in [0.15, 0.2) is 53.1 Å². The van der Waals surface area contributed by atoms with E-state index in [0.29, 0.717) is 17.9 Å². The summed E-state index contributed by atoms with van der Waals surface area (Å²) in [7, 11) is 0. The van der Waals surface area contributed by atoms with Gasteiger partial charge in [-0.1, -0.05) is 50.1 Å². The van der Waals surface area contributed by atoms with Crippen molar-refractivity contribution in [2.75, 3.05) is 6.54 Å². The summed E-state index contributed by atoms with van der Waals surface area (Å²) in [6.45, 7) is 3.45. The lowest BCUT2D eigenvalue weighted by Gasteiger charge is -2.27. The van der Waals surface area contributed by atoms with Crippen molar-refractivity contribution in [2.24, 2.45) is 11.8 Å². The fourth-order valence-electron chi connectivity index (χ4n) is 4.28. The van der Waals surface area contributed by atoms with E-state index < -0.39 is 0 Å². The molecule has 2 nitrogen and oxygen atoms in total. The zero-order valence-electron chi connectivity index (χ0n) is 14.7. The van der Waals surface area contributed by atoms with E-state index in [1.54, 1.807) is 0 Å². The molecule has 1 N–H and O–H groups in total. The lowest BCUT2D eigenvalue weighted by Crippen LogP contribution is -2.38. The molecule has 4 atom stereocenters. The molecular formula is C22H29NO. The van der Waals surface area contributed by atoms with Crippen LogP contribution in [-0.2, 0) is 0 Å². The van der Waals surface area contributed by atoms with Gasteiger partial charge in [-0.2, -0.15) is 0 Å². The van der Waals surface area contributed by atoms with Gasteiger partial charge in [-0.25, -0.2) is 0 Å². The predicted octanol–water partition coefficient (Wildman–Crippen LogP) is 5.34. The van der Waals surface area contributed by atoms with Crippen LogP contribution in [0.2, 0.25) is 0 Å². The van der Waals surface area contributed by atoms with Crippen molar-refractivity contribution in [3.05, 3.63) is 60.1 Å². The van der Waals surface area contributed by atoms with Gasteiger partial charge in [0.25, 0.3) is 0 Å². The molecule has 2 saturated carbocycles. The van der Waals surface area contributed by atoms with Gasteiger partial charge in [0.2, 0.25) is 0 Å². The minimum atomic E-state index is 0.484. The molecule has 2 fully saturated rings. The Bertz CT molecular complexity index is 617. The number of hydrogen-bond acceptors (Lipinski definition) is 2. The number of hydrogen-bond donors (Lipinski definition) is 1. The summed E-state index contributed by atoms with van der Waals surface area (Å²) in [5, 5.41) is 3.93. The first-order valence-electron chi connectivity index (χ1n) is 9.68. The smallest absolute Gasteiger partial charge is 0.108 e. The monoisotopic (exact) mass is 323 g/mol. The number of rotatable bonds is 9. The summed E-state index contributed by atoms with van der Waals surface area (Å²) in [6, 6.07) is 15.8. The van der Waals surface area contributed by atoms with Gasteiger partial charge < -0.3 is 9.73 Å². The minimum Gasteiger partial charge on any atom is -0.469 e. The van der Waals surface area contributed by atoms with Gasteiger partial charge in [-0.15, -0.1) is 0 Å². The van der Waals surface area contributed by atoms with Crippen LogP contribution in [0.5, 0.6) is 0 Å². The second-order valence-electron chi connectivity index (χ2n) is 7.66. The van der Waals surface area contributed by atoms with Crippen LogP contribution < -0.4 is 5.32 Å². The third-order valence-electron chi connectivity index (χ3n) is 5.94. The summed E-state index contributed by atoms with van der Waals surface area (Å²) in [5.74, 6) is 4.08. The van der Waals surface area contributed by atoms with E-state index in [1.165, 1.54) is 31.2 Å². The molecule has 128 valence electrons. The van der Waals surface area contributed by atoms with Crippen molar-refractivity contribution in [1.82, 2.24) is 5.32 Å². The number of nitrogens with one attached hydrogen (secondary N) is 1. The fourth-order valence-corrected chi connectivity index (χ4v) is 4.28. The Hall–Kier alpha value is -1.54. The number of furan rings is 1. The summed E-state index contributed by atoms with van der Waals surface area (Å²) < 4.78 is 5.79. The molecule has 1 aromatic carbocycles. The normalized spacial score (nSPS) is 25.4. The van der Waals surface area contributed by atoms with Crippen molar-refractivity contribution in [1.29, 1.82) is 0 Å². The highest BCUT2D eigenvalue weighted by molar-refractivity contribution is 5.28. The Morgan fingerprint density at radius 2 is 1.96 bits per heavy atom. The first-order valence-corrected chi connectivity index (χ1v) is 9.68. The van der Waals surface area contributed by atoms with Gasteiger partial charge in [0.1, 0.15) is 5.76 Å². The molecule has 2 aliphatic rings. The summed E-state index contributed by atoms with van der Waals surface area (Å²) >= 11 is 0. The highest BCUT2D eigenvalue weighted by Crippen LogP contribution is 2.52. The van der Waals surface area contributed by atoms with Crippen LogP contribution in [0.3, 0.4) is 0 Å². The van der Waals surface area contributed by atoms with Gasteiger partial charge in [0.15, 0.2) is 0 Å². The maximum Gasteiger partial charge on any atom is 0.108 e. The molecule has 0 saturated heterocycles. The zero-order chi connectivity index (χ0) is 16.4. The van der Waals surface area contributed by atoms with Crippen molar-refractivity contribution in [3.8, 4) is 0 Å². The van der Waals surface area contributed by atoms with E-state index >= 15 is 0 Å². The van der Waals surface area contributed by atoms with E-state index in [0.717, 1.165) is 30.6 Å². The molecule has 4 unspecified atom stereocenters. The average Bonchev–Trinajstić information content (AvgIpc) is 3.54. The maximum atomic E-state index is 5.79. The molecule has 2 aromatic rings. The molecule has 0 amide bonds. The fraction of sp³-hybridized carbons (Fsp3) is 0.545. The van der Waals surface area contributed by atoms with Crippen molar-refractivity contribution in [3.63, 3.8) is 0 Å². The van der Waals surface area contributed by atoms with Crippen molar-refractivity contribution < 1.29 is 4.42 Å². The Kier molecular flexibility index (Phi) is 4.75. The zero-order valence-corrected chi connectivity index (χ0v) is 14.7. The maximum absolute atomic E-state index is 5.79. The van der Waals surface area contributed by atoms with E-state index in [-0.39, 0.29) is 0 Å². The molecule has 4 rings (SSSR count). The predicted molar refractivity (Wildman–Crippen MR) is 98.2 cm³/mol. The number of benzene rings is 1. The first kappa shape index (κ1) is 16.0. The lowest BCUT2D eigenvalue weighted by atomic mass is 9.89. The van der Waals surface area contributed by atoms with Crippen LogP contribution in [0.25, 0.3) is 0 Å². The Morgan fingerprint density at radius 3 is 2.62 bits per heavy atom. The van der Waals surface area contributed by atoms with Crippen LogP contribution in [0.1, 0.15) is 62.2 Å². The van der Waals surface area contributed by atoms with Crippen molar-refractivity contribution >= 4 is 0 Å². The molecule has 0 radical (unpaired) electrons. The van der Waals surface area contributed by atoms with Gasteiger partial charge >= 0.3 is 0 Å². The van der Waals surface area contributed by atoms with Gasteiger partial charge in [0.05, 0.1) is 6.26 Å². The minimum absolute atomic E-state index is 0.484. The van der Waals surface area contributed by atoms with E-state index in [4.69, 9.17) is 4.42 Å². The first-order chi connectivity index (χ1) is 11.9. The molecule has 0 bridgehead atoms. The molecule has 0 spiro atoms. The summed E-state index contributed by atoms with van der Waals surface area (Å²) in [4.78, 5) is 0. The third kappa shape index (κ3) is 3.59. The molecule has 2 heteroatoms. The Balaban J connectivity index is 1.47. The molecule has 24 heavy (non-hydrogen) atoms. The van der Waals surface area contributed by atoms with Gasteiger partial charge in [-0.05, 0) is 61.3 Å². The summed E-state index contributed by atoms with van der Waals surface area (Å²) in [6.07, 6.45) is 8.49. The Morgan fingerprint density at radius 1 is 1.12 bits per heavy atom. The SMILES string of the molecule is CCC(c1ccco1)C(NCCC1CC1)C1CC1c1ccccc1. The lowest BCUT2D eigenvalue weighted by molar-refractivity contribution is 0.330. The second-order valence-corrected chi connectivity index (χ2v) is 7.66. The van der Waals surface area contributed by atoms with Crippen molar-refractivity contribution in [2.45, 2.75) is 56.9 Å². The van der Waals surface area contributed by atoms with Gasteiger partial charge in [0, 0.05) is 12.0 Å². The van der Waals surface area contributed by atoms with Gasteiger partial charge in [-0.3, -0.25) is 0 Å². The van der Waals surface area contributed by atoms with Crippen LogP contribution in [0.4, 0.5) is 0 Å². The molecular weight excluding hydrogens is 294 g/mol. The van der Waals surface area contributed by atoms with E-state index in [9.17, 15) is 0 Å². The molecule has 0 aliphatic heterocycles. The van der Waals surface area contributed by atoms with Crippen LogP contribution >= 0.6 is 0 Å². The molecule has 1 heterocycles. The van der Waals surface area contributed by atoms with Crippen LogP contribution in [-0.4, -0.2) is 12.6 Å². The Labute approximate surface area is 145 Å². The second kappa shape index (κ2) is 7.14. The van der Waals surface area contributed by atoms with E-state index in [2.05, 4.69) is 48.6 Å². The highest BCUT2D eigenvalue weighted by Gasteiger charge is 2.46. The molecule has 1 aromatic heterocycles. The largest absolute Gasteiger partial charge is 0.469 e. The van der Waals surface area contributed by atoms with E-state index in [1.807, 2.05) is 12.3 Å². The highest BCUT2D eigenvalue weighted by atomic mass is 16.3. The molecule has 2 aliphatic carbocycles. The average molecular weight is 323 g/mol. The topological polar surface area (TPSA) is 25.2 Å².